The van der Waals surface area contributed by atoms with E-state index < -0.39 is 38.5 Å². The molecule has 0 bridgehead atoms. The maximum Gasteiger partial charge on any atom is 0.360 e. The quantitative estimate of drug-likeness (QED) is 0.577. The fourth-order valence-corrected chi connectivity index (χ4v) is 1.10. The molecule has 1 aromatic carbocycles. The number of aromatic hydroxyl groups is 1. The molecule has 9 heteroatoms. The molecule has 2 N–H and O–H groups in total. The zero-order chi connectivity index (χ0) is 12.5. The monoisotopic (exact) mass is 228 g/mol. The minimum atomic E-state index is -1.73. The SMILES string of the molecule is O=C(O)c1cc(O)cc([N+](=O)[O-])c1[N+](=O)[O-]. The van der Waals surface area contributed by atoms with Crippen LogP contribution in [-0.2, 0) is 0 Å². The van der Waals surface area contributed by atoms with Crippen LogP contribution in [0.4, 0.5) is 11.4 Å². The van der Waals surface area contributed by atoms with Gasteiger partial charge < -0.3 is 10.2 Å². The molecule has 0 aliphatic rings. The van der Waals surface area contributed by atoms with Crippen molar-refractivity contribution in [3.8, 4) is 5.75 Å². The second-order valence-corrected chi connectivity index (χ2v) is 2.68. The number of carboxylic acid groups (broad SMARTS) is 1. The third kappa shape index (κ3) is 1.87. The third-order valence-electron chi connectivity index (χ3n) is 1.68. The number of carboxylic acids is 1. The number of benzene rings is 1. The first-order valence-electron chi connectivity index (χ1n) is 3.73. The van der Waals surface area contributed by atoms with E-state index in [1.54, 1.807) is 0 Å². The Hall–Kier alpha value is -2.71. The highest BCUT2D eigenvalue weighted by Gasteiger charge is 2.32. The van der Waals surface area contributed by atoms with Crippen LogP contribution in [0, 0.1) is 20.2 Å². The number of hydrogen-bond donors (Lipinski definition) is 2. The Morgan fingerprint density at radius 1 is 1.19 bits per heavy atom. The Morgan fingerprint density at radius 2 is 1.75 bits per heavy atom. The second kappa shape index (κ2) is 3.81. The summed E-state index contributed by atoms with van der Waals surface area (Å²) >= 11 is 0. The first-order chi connectivity index (χ1) is 7.34. The van der Waals surface area contributed by atoms with E-state index in [0.717, 1.165) is 0 Å². The number of phenolic OH excluding ortho intramolecular Hbond substituents is 1. The van der Waals surface area contributed by atoms with Gasteiger partial charge in [0.25, 0.3) is 0 Å². The molecule has 0 aliphatic heterocycles. The Bertz CT molecular complexity index is 461. The summed E-state index contributed by atoms with van der Waals surface area (Å²) in [4.78, 5) is 29.3. The van der Waals surface area contributed by atoms with Crippen molar-refractivity contribution in [3.63, 3.8) is 0 Å². The fraction of sp³-hybridized carbons (Fsp3) is 0. The molecule has 0 unspecified atom stereocenters. The van der Waals surface area contributed by atoms with Gasteiger partial charge in [-0.05, 0) is 0 Å². The van der Waals surface area contributed by atoms with Gasteiger partial charge in [0.05, 0.1) is 15.9 Å². The number of rotatable bonds is 3. The van der Waals surface area contributed by atoms with Crippen molar-refractivity contribution in [2.75, 3.05) is 0 Å². The summed E-state index contributed by atoms with van der Waals surface area (Å²) in [5, 5.41) is 38.6. The number of nitro groups is 2. The molecule has 0 saturated carbocycles. The molecular weight excluding hydrogens is 224 g/mol. The zero-order valence-electron chi connectivity index (χ0n) is 7.48. The molecule has 0 heterocycles. The molecule has 0 amide bonds. The summed E-state index contributed by atoms with van der Waals surface area (Å²) in [5.41, 5.74) is -3.16. The highest BCUT2D eigenvalue weighted by molar-refractivity contribution is 5.95. The fourth-order valence-electron chi connectivity index (χ4n) is 1.10. The Morgan fingerprint density at radius 3 is 2.12 bits per heavy atom. The molecule has 0 radical (unpaired) electrons. The average molecular weight is 228 g/mol. The van der Waals surface area contributed by atoms with Crippen LogP contribution in [0.5, 0.6) is 5.75 Å². The number of hydrogen-bond acceptors (Lipinski definition) is 6. The summed E-state index contributed by atoms with van der Waals surface area (Å²) in [6, 6.07) is 1.10. The lowest BCUT2D eigenvalue weighted by molar-refractivity contribution is -0.422. The minimum absolute atomic E-state index is 0.518. The van der Waals surface area contributed by atoms with Crippen LogP contribution in [0.25, 0.3) is 0 Å². The van der Waals surface area contributed by atoms with E-state index in [-0.39, 0.29) is 0 Å². The van der Waals surface area contributed by atoms with Gasteiger partial charge in [0.15, 0.2) is 0 Å². The van der Waals surface area contributed by atoms with Gasteiger partial charge in [-0.3, -0.25) is 20.2 Å². The van der Waals surface area contributed by atoms with Crippen molar-refractivity contribution in [2.24, 2.45) is 0 Å². The predicted octanol–water partition coefficient (Wildman–Crippen LogP) is 0.907. The molecule has 0 aromatic heterocycles. The lowest BCUT2D eigenvalue weighted by atomic mass is 10.1. The molecule has 0 atom stereocenters. The van der Waals surface area contributed by atoms with Gasteiger partial charge in [0.1, 0.15) is 11.3 Å². The van der Waals surface area contributed by atoms with E-state index in [2.05, 4.69) is 0 Å². The Kier molecular flexibility index (Phi) is 2.70. The summed E-state index contributed by atoms with van der Waals surface area (Å²) < 4.78 is 0. The van der Waals surface area contributed by atoms with Crippen LogP contribution in [0.2, 0.25) is 0 Å². The average Bonchev–Trinajstić information content (AvgIpc) is 2.15. The van der Waals surface area contributed by atoms with Crippen molar-refractivity contribution >= 4 is 17.3 Å². The smallest absolute Gasteiger partial charge is 0.360 e. The first kappa shape index (κ1) is 11.4. The normalized spacial score (nSPS) is 9.75. The van der Waals surface area contributed by atoms with Gasteiger partial charge in [-0.1, -0.05) is 0 Å². The van der Waals surface area contributed by atoms with Gasteiger partial charge in [0.2, 0.25) is 0 Å². The van der Waals surface area contributed by atoms with E-state index in [1.165, 1.54) is 0 Å². The van der Waals surface area contributed by atoms with Crippen LogP contribution in [0.1, 0.15) is 10.4 Å². The maximum atomic E-state index is 10.6. The second-order valence-electron chi connectivity index (χ2n) is 2.68. The molecule has 0 fully saturated rings. The van der Waals surface area contributed by atoms with Crippen molar-refractivity contribution in [3.05, 3.63) is 37.9 Å². The van der Waals surface area contributed by atoms with Gasteiger partial charge in [-0.25, -0.2) is 4.79 Å². The van der Waals surface area contributed by atoms with Crippen LogP contribution >= 0.6 is 0 Å². The maximum absolute atomic E-state index is 10.6. The van der Waals surface area contributed by atoms with Crippen molar-refractivity contribution in [2.45, 2.75) is 0 Å². The molecular formula is C7H4N2O7. The van der Waals surface area contributed by atoms with Gasteiger partial charge >= 0.3 is 17.3 Å². The molecule has 0 aliphatic carbocycles. The van der Waals surface area contributed by atoms with E-state index in [9.17, 15) is 25.0 Å². The van der Waals surface area contributed by atoms with Crippen LogP contribution in [-0.4, -0.2) is 26.0 Å². The van der Waals surface area contributed by atoms with E-state index in [4.69, 9.17) is 10.2 Å². The van der Waals surface area contributed by atoms with Gasteiger partial charge in [0, 0.05) is 6.07 Å². The highest BCUT2D eigenvalue weighted by Crippen LogP contribution is 2.34. The lowest BCUT2D eigenvalue weighted by Gasteiger charge is -2.00. The Labute approximate surface area is 86.9 Å². The molecule has 0 spiro atoms. The largest absolute Gasteiger partial charge is 0.508 e. The first-order valence-corrected chi connectivity index (χ1v) is 3.73. The summed E-state index contributed by atoms with van der Waals surface area (Å²) in [5.74, 6) is -2.46. The van der Waals surface area contributed by atoms with Crippen molar-refractivity contribution in [1.29, 1.82) is 0 Å². The molecule has 9 nitrogen and oxygen atoms in total. The van der Waals surface area contributed by atoms with Crippen LogP contribution < -0.4 is 0 Å². The van der Waals surface area contributed by atoms with Crippen molar-refractivity contribution in [1.82, 2.24) is 0 Å². The number of phenols is 1. The zero-order valence-corrected chi connectivity index (χ0v) is 7.48. The minimum Gasteiger partial charge on any atom is -0.508 e. The van der Waals surface area contributed by atoms with Gasteiger partial charge in [-0.2, -0.15) is 0 Å². The number of aromatic carboxylic acids is 1. The predicted molar refractivity (Wildman–Crippen MR) is 48.4 cm³/mol. The van der Waals surface area contributed by atoms with E-state index in [0.29, 0.717) is 12.1 Å². The molecule has 1 rings (SSSR count). The third-order valence-corrected chi connectivity index (χ3v) is 1.68. The topological polar surface area (TPSA) is 144 Å². The van der Waals surface area contributed by atoms with E-state index >= 15 is 0 Å². The highest BCUT2D eigenvalue weighted by atomic mass is 16.6. The molecule has 16 heavy (non-hydrogen) atoms. The van der Waals surface area contributed by atoms with Crippen molar-refractivity contribution < 1.29 is 24.9 Å². The number of nitro benzene ring substituents is 2. The molecule has 1 aromatic rings. The molecule has 0 saturated heterocycles. The van der Waals surface area contributed by atoms with E-state index in [1.807, 2.05) is 0 Å². The summed E-state index contributed by atoms with van der Waals surface area (Å²) in [6.45, 7) is 0. The number of nitrogens with zero attached hydrogens (tertiary/aromatic N) is 2. The number of carbonyl (C=O) groups is 1. The Balaban J connectivity index is 3.67. The summed E-state index contributed by atoms with van der Waals surface area (Å²) in [6.07, 6.45) is 0. The van der Waals surface area contributed by atoms with Crippen LogP contribution in [0.15, 0.2) is 12.1 Å². The lowest BCUT2D eigenvalue weighted by Crippen LogP contribution is -2.05. The molecule has 84 valence electrons. The van der Waals surface area contributed by atoms with Gasteiger partial charge in [-0.15, -0.1) is 0 Å². The summed E-state index contributed by atoms with van der Waals surface area (Å²) in [7, 11) is 0. The van der Waals surface area contributed by atoms with Crippen LogP contribution in [0.3, 0.4) is 0 Å². The standard InChI is InChI=1S/C7H4N2O7/c10-3-1-4(7(11)12)6(9(15)16)5(2-3)8(13)14/h1-2,10H,(H,11,12).